The van der Waals surface area contributed by atoms with Crippen LogP contribution in [0.15, 0.2) is 53.4 Å². The maximum Gasteiger partial charge on any atom is 0.248 e. The summed E-state index contributed by atoms with van der Waals surface area (Å²) >= 11 is 5.83. The van der Waals surface area contributed by atoms with Crippen molar-refractivity contribution in [2.75, 3.05) is 13.2 Å². The van der Waals surface area contributed by atoms with Crippen LogP contribution in [-0.2, 0) is 19.6 Å². The van der Waals surface area contributed by atoms with E-state index in [0.717, 1.165) is 0 Å². The van der Waals surface area contributed by atoms with Gasteiger partial charge in [0, 0.05) is 11.6 Å². The van der Waals surface area contributed by atoms with Gasteiger partial charge in [0.2, 0.25) is 15.9 Å². The van der Waals surface area contributed by atoms with Gasteiger partial charge in [-0.25, -0.2) is 18.6 Å². The summed E-state index contributed by atoms with van der Waals surface area (Å²) in [4.78, 5) is 11.8. The molecule has 0 aliphatic carbocycles. The Morgan fingerprint density at radius 3 is 2.32 bits per heavy atom. The molecular weight excluding hydrogens is 408 g/mol. The Bertz CT molecular complexity index is 918. The molecule has 0 aromatic heterocycles. The Morgan fingerprint density at radius 2 is 1.71 bits per heavy atom. The minimum Gasteiger partial charge on any atom is -0.457 e. The molecule has 2 aromatic rings. The first-order valence-corrected chi connectivity index (χ1v) is 10.3. The summed E-state index contributed by atoms with van der Waals surface area (Å²) in [5, 5.41) is 9.43. The van der Waals surface area contributed by atoms with Crippen molar-refractivity contribution in [3.63, 3.8) is 0 Å². The van der Waals surface area contributed by atoms with Gasteiger partial charge in [0.05, 0.1) is 23.5 Å². The lowest BCUT2D eigenvalue weighted by Gasteiger charge is -2.30. The zero-order valence-corrected chi connectivity index (χ0v) is 16.2. The van der Waals surface area contributed by atoms with Crippen LogP contribution in [0.3, 0.4) is 0 Å². The van der Waals surface area contributed by atoms with E-state index in [9.17, 15) is 13.2 Å². The van der Waals surface area contributed by atoms with Crippen LogP contribution in [0.1, 0.15) is 6.42 Å². The summed E-state index contributed by atoms with van der Waals surface area (Å²) in [6, 6.07) is 11.8. The van der Waals surface area contributed by atoms with Crippen LogP contribution < -0.4 is 14.9 Å². The summed E-state index contributed by atoms with van der Waals surface area (Å²) < 4.78 is 38.7. The van der Waals surface area contributed by atoms with Crippen molar-refractivity contribution in [1.29, 1.82) is 0 Å². The number of nitrogens with one attached hydrogen (secondary N) is 2. The zero-order chi connectivity index (χ0) is 20.1. The zero-order valence-electron chi connectivity index (χ0n) is 14.7. The molecule has 1 heterocycles. The van der Waals surface area contributed by atoms with Crippen molar-refractivity contribution in [2.45, 2.75) is 17.4 Å². The molecule has 0 spiro atoms. The number of hydroxylamine groups is 1. The molecule has 0 radical (unpaired) electrons. The topological polar surface area (TPSA) is 114 Å². The van der Waals surface area contributed by atoms with Gasteiger partial charge < -0.3 is 9.47 Å². The van der Waals surface area contributed by atoms with Crippen molar-refractivity contribution >= 4 is 27.5 Å². The number of amides is 1. The molecule has 2 aromatic carbocycles. The number of halogens is 1. The first-order chi connectivity index (χ1) is 13.4. The highest BCUT2D eigenvalue weighted by atomic mass is 35.5. The highest BCUT2D eigenvalue weighted by Gasteiger charge is 2.34. The van der Waals surface area contributed by atoms with E-state index < -0.39 is 27.9 Å². The lowest BCUT2D eigenvalue weighted by Crippen LogP contribution is -2.51. The van der Waals surface area contributed by atoms with E-state index >= 15 is 0 Å². The van der Waals surface area contributed by atoms with E-state index in [4.69, 9.17) is 26.3 Å². The first kappa shape index (κ1) is 20.6. The standard InChI is InChI=1S/C18H19ClN2O6S/c19-12-1-3-13(4-2-12)27-14-5-7-15(8-6-14)28(24,25)21-17-11-26-10-9-16(17)18(22)20-23/h1-8,16-17,21,23H,9-11H2,(H,20,22)/t16?,17-/m0/s1. The summed E-state index contributed by atoms with van der Waals surface area (Å²) in [6.45, 7) is 0.349. The SMILES string of the molecule is O=C(NO)C1CCOC[C@@H]1NS(=O)(=O)c1ccc(Oc2ccc(Cl)cc2)cc1. The number of rotatable bonds is 6. The van der Waals surface area contributed by atoms with Crippen molar-refractivity contribution in [3.8, 4) is 11.5 Å². The van der Waals surface area contributed by atoms with E-state index in [1.165, 1.54) is 24.3 Å². The van der Waals surface area contributed by atoms with Gasteiger partial charge in [0.25, 0.3) is 0 Å². The molecule has 8 nitrogen and oxygen atoms in total. The third-order valence-electron chi connectivity index (χ3n) is 4.29. The molecule has 1 fully saturated rings. The Kier molecular flexibility index (Phi) is 6.53. The number of hydrogen-bond donors (Lipinski definition) is 3. The van der Waals surface area contributed by atoms with Crippen molar-refractivity contribution in [2.24, 2.45) is 5.92 Å². The molecule has 1 saturated heterocycles. The smallest absolute Gasteiger partial charge is 0.248 e. The predicted octanol–water partition coefficient (Wildman–Crippen LogP) is 2.32. The largest absolute Gasteiger partial charge is 0.457 e. The van der Waals surface area contributed by atoms with Gasteiger partial charge in [-0.05, 0) is 55.0 Å². The van der Waals surface area contributed by atoms with Crippen molar-refractivity contribution in [1.82, 2.24) is 10.2 Å². The number of sulfonamides is 1. The van der Waals surface area contributed by atoms with Crippen LogP contribution >= 0.6 is 11.6 Å². The van der Waals surface area contributed by atoms with Crippen LogP contribution in [0, 0.1) is 5.92 Å². The van der Waals surface area contributed by atoms with Crippen LogP contribution in [0.5, 0.6) is 11.5 Å². The number of hydrogen-bond acceptors (Lipinski definition) is 6. The second-order valence-corrected chi connectivity index (χ2v) is 8.35. The fraction of sp³-hybridized carbons (Fsp3) is 0.278. The third kappa shape index (κ3) is 5.00. The summed E-state index contributed by atoms with van der Waals surface area (Å²) in [5.74, 6) is -0.348. The summed E-state index contributed by atoms with van der Waals surface area (Å²) in [6.07, 6.45) is 0.299. The molecular formula is C18H19ClN2O6S. The number of benzene rings is 2. The fourth-order valence-corrected chi connectivity index (χ4v) is 4.23. The second-order valence-electron chi connectivity index (χ2n) is 6.20. The van der Waals surface area contributed by atoms with Crippen LogP contribution in [0.25, 0.3) is 0 Å². The minimum atomic E-state index is -3.89. The van der Waals surface area contributed by atoms with E-state index in [1.54, 1.807) is 29.7 Å². The fourth-order valence-electron chi connectivity index (χ4n) is 2.84. The molecule has 3 rings (SSSR count). The van der Waals surface area contributed by atoms with E-state index in [1.807, 2.05) is 0 Å². The molecule has 10 heteroatoms. The Labute approximate surface area is 167 Å². The maximum atomic E-state index is 12.6. The van der Waals surface area contributed by atoms with Crippen LogP contribution in [-0.4, -0.2) is 38.8 Å². The Morgan fingerprint density at radius 1 is 1.11 bits per heavy atom. The van der Waals surface area contributed by atoms with Crippen molar-refractivity contribution in [3.05, 3.63) is 53.6 Å². The third-order valence-corrected chi connectivity index (χ3v) is 6.05. The van der Waals surface area contributed by atoms with E-state index in [-0.39, 0.29) is 11.5 Å². The van der Waals surface area contributed by atoms with Gasteiger partial charge in [-0.1, -0.05) is 11.6 Å². The average molecular weight is 427 g/mol. The van der Waals surface area contributed by atoms with E-state index in [0.29, 0.717) is 29.5 Å². The second kappa shape index (κ2) is 8.89. The van der Waals surface area contributed by atoms with Gasteiger partial charge >= 0.3 is 0 Å². The molecule has 1 amide bonds. The minimum absolute atomic E-state index is 0.0182. The highest BCUT2D eigenvalue weighted by Crippen LogP contribution is 2.25. The molecule has 3 N–H and O–H groups in total. The van der Waals surface area contributed by atoms with Crippen LogP contribution in [0.4, 0.5) is 0 Å². The van der Waals surface area contributed by atoms with Gasteiger partial charge in [0.15, 0.2) is 0 Å². The normalized spacial score (nSPS) is 19.8. The summed E-state index contributed by atoms with van der Waals surface area (Å²) in [5.41, 5.74) is 1.57. The lowest BCUT2D eigenvalue weighted by atomic mass is 9.95. The first-order valence-electron chi connectivity index (χ1n) is 8.46. The Balaban J connectivity index is 1.71. The molecule has 2 atom stereocenters. The van der Waals surface area contributed by atoms with Crippen LogP contribution in [0.2, 0.25) is 5.02 Å². The van der Waals surface area contributed by atoms with Gasteiger partial charge in [-0.2, -0.15) is 0 Å². The van der Waals surface area contributed by atoms with E-state index in [2.05, 4.69) is 4.72 Å². The number of carbonyl (C=O) groups excluding carboxylic acids is 1. The maximum absolute atomic E-state index is 12.6. The molecule has 1 aliphatic heterocycles. The molecule has 1 aliphatic rings. The number of ether oxygens (including phenoxy) is 2. The van der Waals surface area contributed by atoms with Gasteiger partial charge in [-0.15, -0.1) is 0 Å². The highest BCUT2D eigenvalue weighted by molar-refractivity contribution is 7.89. The molecule has 0 bridgehead atoms. The average Bonchev–Trinajstić information content (AvgIpc) is 2.70. The predicted molar refractivity (Wildman–Crippen MR) is 101 cm³/mol. The molecule has 28 heavy (non-hydrogen) atoms. The van der Waals surface area contributed by atoms with Gasteiger partial charge in [0.1, 0.15) is 11.5 Å². The molecule has 0 saturated carbocycles. The van der Waals surface area contributed by atoms with Crippen molar-refractivity contribution < 1.29 is 27.9 Å². The van der Waals surface area contributed by atoms with Gasteiger partial charge in [-0.3, -0.25) is 10.0 Å². The quantitative estimate of drug-likeness (QED) is 0.482. The Hall–Kier alpha value is -2.17. The lowest BCUT2D eigenvalue weighted by molar-refractivity contribution is -0.137. The monoisotopic (exact) mass is 426 g/mol. The number of carbonyl (C=O) groups is 1. The molecule has 150 valence electrons. The summed E-state index contributed by atoms with van der Waals surface area (Å²) in [7, 11) is -3.89. The molecule has 1 unspecified atom stereocenters.